The van der Waals surface area contributed by atoms with Gasteiger partial charge in [0, 0.05) is 0 Å². The number of benzene rings is 1. The molecule has 0 amide bonds. The highest BCUT2D eigenvalue weighted by Gasteiger charge is 2.09. The van der Waals surface area contributed by atoms with Crippen LogP contribution in [0.3, 0.4) is 0 Å². The first-order chi connectivity index (χ1) is 7.63. The third-order valence-electron chi connectivity index (χ3n) is 2.66. The molecule has 1 aromatic carbocycles. The Labute approximate surface area is 98.3 Å². The van der Waals surface area contributed by atoms with E-state index in [2.05, 4.69) is 6.92 Å². The number of aliphatic hydroxyl groups excluding tert-OH is 1. The Morgan fingerprint density at radius 3 is 2.75 bits per heavy atom. The van der Waals surface area contributed by atoms with E-state index in [0.29, 0.717) is 6.61 Å². The molecule has 0 spiro atoms. The van der Waals surface area contributed by atoms with Gasteiger partial charge >= 0.3 is 0 Å². The van der Waals surface area contributed by atoms with Crippen molar-refractivity contribution in [3.63, 3.8) is 0 Å². The van der Waals surface area contributed by atoms with Crippen molar-refractivity contribution in [2.24, 2.45) is 0 Å². The summed E-state index contributed by atoms with van der Waals surface area (Å²) < 4.78 is 5.59. The second-order valence-corrected chi connectivity index (χ2v) is 4.36. The van der Waals surface area contributed by atoms with Crippen LogP contribution >= 0.6 is 0 Å². The third kappa shape index (κ3) is 4.33. The zero-order valence-electron chi connectivity index (χ0n) is 10.4. The van der Waals surface area contributed by atoms with Crippen molar-refractivity contribution in [1.29, 1.82) is 0 Å². The Bertz CT molecular complexity index is 309. The molecule has 0 fully saturated rings. The molecule has 0 saturated carbocycles. The second kappa shape index (κ2) is 6.66. The van der Waals surface area contributed by atoms with E-state index in [0.717, 1.165) is 24.0 Å². The minimum atomic E-state index is -0.515. The fourth-order valence-electron chi connectivity index (χ4n) is 1.72. The van der Waals surface area contributed by atoms with E-state index < -0.39 is 6.10 Å². The summed E-state index contributed by atoms with van der Waals surface area (Å²) in [5.41, 5.74) is 2.10. The standard InChI is InChI=1S/C14H22O2/c1-4-6-12(3)16-10-14(15)13-8-5-7-11(2)9-13/h5,7-9,12,14-15H,4,6,10H2,1-3H3. The van der Waals surface area contributed by atoms with Crippen molar-refractivity contribution < 1.29 is 9.84 Å². The Morgan fingerprint density at radius 2 is 2.12 bits per heavy atom. The van der Waals surface area contributed by atoms with Gasteiger partial charge in [-0.15, -0.1) is 0 Å². The average molecular weight is 222 g/mol. The molecule has 2 atom stereocenters. The molecule has 2 nitrogen and oxygen atoms in total. The van der Waals surface area contributed by atoms with Gasteiger partial charge < -0.3 is 9.84 Å². The van der Waals surface area contributed by atoms with E-state index in [4.69, 9.17) is 4.74 Å². The van der Waals surface area contributed by atoms with Crippen molar-refractivity contribution in [1.82, 2.24) is 0 Å². The van der Waals surface area contributed by atoms with Gasteiger partial charge in [-0.1, -0.05) is 43.2 Å². The molecule has 0 aliphatic rings. The molecular formula is C14H22O2. The van der Waals surface area contributed by atoms with E-state index in [1.807, 2.05) is 38.1 Å². The average Bonchev–Trinajstić information content (AvgIpc) is 2.26. The van der Waals surface area contributed by atoms with Gasteiger partial charge in [0.2, 0.25) is 0 Å². The fraction of sp³-hybridized carbons (Fsp3) is 0.571. The first-order valence-electron chi connectivity index (χ1n) is 5.99. The monoisotopic (exact) mass is 222 g/mol. The number of aryl methyl sites for hydroxylation is 1. The maximum atomic E-state index is 9.94. The molecular weight excluding hydrogens is 200 g/mol. The normalized spacial score (nSPS) is 14.8. The molecule has 16 heavy (non-hydrogen) atoms. The van der Waals surface area contributed by atoms with Crippen molar-refractivity contribution in [2.45, 2.75) is 45.8 Å². The molecule has 90 valence electrons. The first kappa shape index (κ1) is 13.2. The smallest absolute Gasteiger partial charge is 0.102 e. The van der Waals surface area contributed by atoms with E-state index in [1.165, 1.54) is 0 Å². The van der Waals surface area contributed by atoms with Gasteiger partial charge in [0.25, 0.3) is 0 Å². The maximum Gasteiger partial charge on any atom is 0.102 e. The van der Waals surface area contributed by atoms with Crippen LogP contribution < -0.4 is 0 Å². The van der Waals surface area contributed by atoms with Crippen LogP contribution in [0.25, 0.3) is 0 Å². The van der Waals surface area contributed by atoms with Gasteiger partial charge in [0.15, 0.2) is 0 Å². The molecule has 2 heteroatoms. The zero-order chi connectivity index (χ0) is 12.0. The van der Waals surface area contributed by atoms with Gasteiger partial charge in [-0.3, -0.25) is 0 Å². The van der Waals surface area contributed by atoms with Crippen LogP contribution in [-0.2, 0) is 4.74 Å². The molecule has 1 rings (SSSR count). The first-order valence-corrected chi connectivity index (χ1v) is 5.99. The number of hydrogen-bond donors (Lipinski definition) is 1. The number of hydrogen-bond acceptors (Lipinski definition) is 2. The summed E-state index contributed by atoms with van der Waals surface area (Å²) in [6.07, 6.45) is 1.87. The predicted octanol–water partition coefficient (Wildman–Crippen LogP) is 3.23. The maximum absolute atomic E-state index is 9.94. The van der Waals surface area contributed by atoms with E-state index in [9.17, 15) is 5.11 Å². The summed E-state index contributed by atoms with van der Waals surface area (Å²) in [4.78, 5) is 0. The molecule has 0 aliphatic carbocycles. The summed E-state index contributed by atoms with van der Waals surface area (Å²) in [7, 11) is 0. The highest BCUT2D eigenvalue weighted by Crippen LogP contribution is 2.15. The van der Waals surface area contributed by atoms with Crippen LogP contribution in [0.1, 0.15) is 43.9 Å². The quantitative estimate of drug-likeness (QED) is 0.800. The van der Waals surface area contributed by atoms with Gasteiger partial charge in [0.05, 0.1) is 12.7 Å². The van der Waals surface area contributed by atoms with Crippen LogP contribution in [0.15, 0.2) is 24.3 Å². The molecule has 0 saturated heterocycles. The van der Waals surface area contributed by atoms with Gasteiger partial charge in [-0.05, 0) is 25.8 Å². The highest BCUT2D eigenvalue weighted by molar-refractivity contribution is 5.23. The fourth-order valence-corrected chi connectivity index (χ4v) is 1.72. The minimum Gasteiger partial charge on any atom is -0.386 e. The predicted molar refractivity (Wildman–Crippen MR) is 66.5 cm³/mol. The topological polar surface area (TPSA) is 29.5 Å². The Morgan fingerprint density at radius 1 is 1.38 bits per heavy atom. The minimum absolute atomic E-state index is 0.226. The molecule has 2 unspecified atom stereocenters. The lowest BCUT2D eigenvalue weighted by Gasteiger charge is -2.16. The SMILES string of the molecule is CCCC(C)OCC(O)c1cccc(C)c1. The molecule has 0 heterocycles. The molecule has 0 aromatic heterocycles. The van der Waals surface area contributed by atoms with E-state index >= 15 is 0 Å². The highest BCUT2D eigenvalue weighted by atomic mass is 16.5. The lowest BCUT2D eigenvalue weighted by molar-refractivity contribution is -0.00585. The lowest BCUT2D eigenvalue weighted by Crippen LogP contribution is -2.14. The summed E-state index contributed by atoms with van der Waals surface area (Å²) >= 11 is 0. The molecule has 0 aliphatic heterocycles. The van der Waals surface area contributed by atoms with E-state index in [-0.39, 0.29) is 6.10 Å². The van der Waals surface area contributed by atoms with Gasteiger partial charge in [-0.2, -0.15) is 0 Å². The molecule has 0 bridgehead atoms. The summed E-state index contributed by atoms with van der Waals surface area (Å²) in [5, 5.41) is 9.94. The second-order valence-electron chi connectivity index (χ2n) is 4.36. The van der Waals surface area contributed by atoms with Gasteiger partial charge in [0.1, 0.15) is 6.10 Å². The summed E-state index contributed by atoms with van der Waals surface area (Å²) in [6, 6.07) is 7.92. The van der Waals surface area contributed by atoms with Crippen molar-refractivity contribution in [3.8, 4) is 0 Å². The summed E-state index contributed by atoms with van der Waals surface area (Å²) in [6.45, 7) is 6.59. The van der Waals surface area contributed by atoms with Crippen LogP contribution in [0.4, 0.5) is 0 Å². The Balaban J connectivity index is 2.43. The van der Waals surface area contributed by atoms with E-state index in [1.54, 1.807) is 0 Å². The molecule has 1 N–H and O–H groups in total. The third-order valence-corrected chi connectivity index (χ3v) is 2.66. The van der Waals surface area contributed by atoms with Crippen LogP contribution in [0.5, 0.6) is 0 Å². The number of aliphatic hydroxyl groups is 1. The summed E-state index contributed by atoms with van der Waals surface area (Å²) in [5.74, 6) is 0. The largest absolute Gasteiger partial charge is 0.386 e. The number of ether oxygens (including phenoxy) is 1. The van der Waals surface area contributed by atoms with Gasteiger partial charge in [-0.25, -0.2) is 0 Å². The Hall–Kier alpha value is -0.860. The van der Waals surface area contributed by atoms with Crippen LogP contribution in [0.2, 0.25) is 0 Å². The van der Waals surface area contributed by atoms with Crippen LogP contribution in [-0.4, -0.2) is 17.8 Å². The van der Waals surface area contributed by atoms with Crippen molar-refractivity contribution in [2.75, 3.05) is 6.61 Å². The molecule has 0 radical (unpaired) electrons. The lowest BCUT2D eigenvalue weighted by atomic mass is 10.1. The zero-order valence-corrected chi connectivity index (χ0v) is 10.4. The van der Waals surface area contributed by atoms with Crippen LogP contribution in [0, 0.1) is 6.92 Å². The van der Waals surface area contributed by atoms with Crippen molar-refractivity contribution in [3.05, 3.63) is 35.4 Å². The Kier molecular flexibility index (Phi) is 5.50. The number of rotatable bonds is 6. The molecule has 1 aromatic rings. The van der Waals surface area contributed by atoms with Crippen molar-refractivity contribution >= 4 is 0 Å².